The molecule has 0 aliphatic rings. The van der Waals surface area contributed by atoms with E-state index in [-0.39, 0.29) is 6.29 Å². The summed E-state index contributed by atoms with van der Waals surface area (Å²) in [6, 6.07) is 5.75. The van der Waals surface area contributed by atoms with Gasteiger partial charge < -0.3 is 19.2 Å². The van der Waals surface area contributed by atoms with Crippen LogP contribution in [0.3, 0.4) is 0 Å². The van der Waals surface area contributed by atoms with Gasteiger partial charge in [0.2, 0.25) is 0 Å². The first-order chi connectivity index (χ1) is 8.76. The van der Waals surface area contributed by atoms with Crippen LogP contribution in [0.2, 0.25) is 0 Å². The number of thioether (sulfide) groups is 1. The number of fused-ring (bicyclic) bond motifs is 1. The second-order valence-corrected chi connectivity index (χ2v) is 4.65. The molecular formula is C12H16N2O3S. The molecule has 0 atom stereocenters. The Hall–Kier alpha value is -1.24. The molecule has 0 saturated heterocycles. The standard InChI is InChI=1S/C12H16N2O3S/c1-15-8-4-5-9-10(6-8)14-12(13-9)18-7-11(16-2)17-3/h4-6,11H,7H2,1-3H3,(H,13,14). The van der Waals surface area contributed by atoms with Crippen LogP contribution in [-0.2, 0) is 9.47 Å². The molecule has 1 N–H and O–H groups in total. The maximum atomic E-state index is 5.17. The summed E-state index contributed by atoms with van der Waals surface area (Å²) in [4.78, 5) is 7.70. The molecule has 0 fully saturated rings. The molecule has 0 aliphatic carbocycles. The minimum atomic E-state index is -0.224. The second kappa shape index (κ2) is 6.08. The largest absolute Gasteiger partial charge is 0.497 e. The second-order valence-electron chi connectivity index (χ2n) is 3.64. The number of aromatic nitrogens is 2. The fourth-order valence-corrected chi connectivity index (χ4v) is 2.45. The van der Waals surface area contributed by atoms with Crippen LogP contribution >= 0.6 is 11.8 Å². The van der Waals surface area contributed by atoms with Gasteiger partial charge in [-0.2, -0.15) is 0 Å². The van der Waals surface area contributed by atoms with Crippen molar-refractivity contribution in [1.82, 2.24) is 9.97 Å². The summed E-state index contributed by atoms with van der Waals surface area (Å²) in [5.74, 6) is 1.50. The van der Waals surface area contributed by atoms with Crippen molar-refractivity contribution in [3.63, 3.8) is 0 Å². The van der Waals surface area contributed by atoms with Crippen molar-refractivity contribution in [2.45, 2.75) is 11.4 Å². The average Bonchev–Trinajstić information content (AvgIpc) is 2.81. The van der Waals surface area contributed by atoms with E-state index in [1.165, 1.54) is 0 Å². The van der Waals surface area contributed by atoms with E-state index >= 15 is 0 Å². The van der Waals surface area contributed by atoms with Crippen LogP contribution in [0.15, 0.2) is 23.4 Å². The van der Waals surface area contributed by atoms with Crippen LogP contribution in [0.4, 0.5) is 0 Å². The topological polar surface area (TPSA) is 56.4 Å². The number of hydrogen-bond donors (Lipinski definition) is 1. The molecule has 1 aromatic heterocycles. The highest BCUT2D eigenvalue weighted by molar-refractivity contribution is 7.99. The van der Waals surface area contributed by atoms with Gasteiger partial charge in [0.15, 0.2) is 11.4 Å². The zero-order valence-corrected chi connectivity index (χ0v) is 11.4. The summed E-state index contributed by atoms with van der Waals surface area (Å²) in [5, 5.41) is 0.845. The molecule has 98 valence electrons. The Balaban J connectivity index is 2.10. The highest BCUT2D eigenvalue weighted by Gasteiger charge is 2.09. The quantitative estimate of drug-likeness (QED) is 0.643. The van der Waals surface area contributed by atoms with Crippen molar-refractivity contribution in [3.05, 3.63) is 18.2 Å². The molecule has 1 aromatic carbocycles. The lowest BCUT2D eigenvalue weighted by Gasteiger charge is -2.10. The number of nitrogens with one attached hydrogen (secondary N) is 1. The first kappa shape index (κ1) is 13.2. The monoisotopic (exact) mass is 268 g/mol. The third-order valence-corrected chi connectivity index (χ3v) is 3.45. The number of H-pyrrole nitrogens is 1. The van der Waals surface area contributed by atoms with E-state index < -0.39 is 0 Å². The Morgan fingerprint density at radius 1 is 1.28 bits per heavy atom. The van der Waals surface area contributed by atoms with E-state index in [1.54, 1.807) is 33.1 Å². The van der Waals surface area contributed by atoms with Gasteiger partial charge in [-0.25, -0.2) is 4.98 Å². The van der Waals surface area contributed by atoms with Gasteiger partial charge in [0, 0.05) is 20.3 Å². The number of imidazole rings is 1. The first-order valence-corrected chi connectivity index (χ1v) is 6.47. The van der Waals surface area contributed by atoms with Crippen LogP contribution < -0.4 is 4.74 Å². The van der Waals surface area contributed by atoms with E-state index in [9.17, 15) is 0 Å². The highest BCUT2D eigenvalue weighted by Crippen LogP contribution is 2.23. The molecule has 0 unspecified atom stereocenters. The summed E-state index contributed by atoms with van der Waals surface area (Å²) >= 11 is 1.56. The van der Waals surface area contributed by atoms with Crippen LogP contribution in [-0.4, -0.2) is 43.3 Å². The minimum Gasteiger partial charge on any atom is -0.497 e. The van der Waals surface area contributed by atoms with Crippen LogP contribution in [0.5, 0.6) is 5.75 Å². The predicted molar refractivity (Wildman–Crippen MR) is 71.2 cm³/mol. The van der Waals surface area contributed by atoms with Gasteiger partial charge >= 0.3 is 0 Å². The first-order valence-electron chi connectivity index (χ1n) is 5.49. The lowest BCUT2D eigenvalue weighted by molar-refractivity contribution is -0.0842. The van der Waals surface area contributed by atoms with Gasteiger partial charge in [0.05, 0.1) is 23.9 Å². The van der Waals surface area contributed by atoms with Crippen LogP contribution in [0, 0.1) is 0 Å². The number of ether oxygens (including phenoxy) is 3. The Morgan fingerprint density at radius 3 is 2.72 bits per heavy atom. The molecule has 18 heavy (non-hydrogen) atoms. The fourth-order valence-electron chi connectivity index (χ4n) is 1.54. The van der Waals surface area contributed by atoms with Crippen molar-refractivity contribution < 1.29 is 14.2 Å². The maximum absolute atomic E-state index is 5.17. The SMILES string of the molecule is COc1ccc2nc(SCC(OC)OC)[nH]c2c1. The molecule has 2 aromatic rings. The van der Waals surface area contributed by atoms with Gasteiger partial charge in [0.25, 0.3) is 0 Å². The number of methoxy groups -OCH3 is 3. The Labute approximate surface area is 110 Å². The lowest BCUT2D eigenvalue weighted by Crippen LogP contribution is -2.15. The summed E-state index contributed by atoms with van der Waals surface area (Å²) in [5.41, 5.74) is 1.88. The van der Waals surface area contributed by atoms with E-state index in [0.717, 1.165) is 21.9 Å². The molecule has 0 bridgehead atoms. The summed E-state index contributed by atoms with van der Waals surface area (Å²) in [7, 11) is 4.89. The fraction of sp³-hybridized carbons (Fsp3) is 0.417. The molecule has 0 radical (unpaired) electrons. The van der Waals surface area contributed by atoms with Crippen LogP contribution in [0.1, 0.15) is 0 Å². The Morgan fingerprint density at radius 2 is 2.06 bits per heavy atom. The smallest absolute Gasteiger partial charge is 0.166 e. The molecule has 0 saturated carbocycles. The molecule has 2 rings (SSSR count). The van der Waals surface area contributed by atoms with Crippen molar-refractivity contribution in [3.8, 4) is 5.75 Å². The molecule has 0 spiro atoms. The van der Waals surface area contributed by atoms with E-state index in [0.29, 0.717) is 5.75 Å². The zero-order valence-electron chi connectivity index (χ0n) is 10.6. The van der Waals surface area contributed by atoms with Crippen molar-refractivity contribution in [2.24, 2.45) is 0 Å². The van der Waals surface area contributed by atoms with Gasteiger partial charge in [0.1, 0.15) is 5.75 Å². The minimum absolute atomic E-state index is 0.224. The molecule has 0 amide bonds. The highest BCUT2D eigenvalue weighted by atomic mass is 32.2. The van der Waals surface area contributed by atoms with Gasteiger partial charge in [-0.15, -0.1) is 0 Å². The zero-order chi connectivity index (χ0) is 13.0. The van der Waals surface area contributed by atoms with Crippen molar-refractivity contribution >= 4 is 22.8 Å². The third-order valence-electron chi connectivity index (χ3n) is 2.55. The molecular weight excluding hydrogens is 252 g/mol. The van der Waals surface area contributed by atoms with E-state index in [4.69, 9.17) is 14.2 Å². The summed E-state index contributed by atoms with van der Waals surface area (Å²) in [6.07, 6.45) is -0.224. The van der Waals surface area contributed by atoms with Gasteiger partial charge in [-0.05, 0) is 12.1 Å². The Bertz CT molecular complexity index is 511. The molecule has 5 nitrogen and oxygen atoms in total. The normalized spacial score (nSPS) is 11.3. The number of aromatic amines is 1. The summed E-state index contributed by atoms with van der Waals surface area (Å²) < 4.78 is 15.4. The number of nitrogens with zero attached hydrogens (tertiary/aromatic N) is 1. The summed E-state index contributed by atoms with van der Waals surface area (Å²) in [6.45, 7) is 0. The Kier molecular flexibility index (Phi) is 4.46. The third kappa shape index (κ3) is 2.95. The maximum Gasteiger partial charge on any atom is 0.166 e. The van der Waals surface area contributed by atoms with E-state index in [1.807, 2.05) is 18.2 Å². The van der Waals surface area contributed by atoms with Crippen LogP contribution in [0.25, 0.3) is 11.0 Å². The van der Waals surface area contributed by atoms with Gasteiger partial charge in [-0.1, -0.05) is 11.8 Å². The van der Waals surface area contributed by atoms with Gasteiger partial charge in [-0.3, -0.25) is 0 Å². The van der Waals surface area contributed by atoms with Crippen molar-refractivity contribution in [2.75, 3.05) is 27.1 Å². The number of rotatable bonds is 6. The van der Waals surface area contributed by atoms with E-state index in [2.05, 4.69) is 9.97 Å². The average molecular weight is 268 g/mol. The number of hydrogen-bond acceptors (Lipinski definition) is 5. The molecule has 6 heteroatoms. The molecule has 0 aliphatic heterocycles. The van der Waals surface area contributed by atoms with Crippen molar-refractivity contribution in [1.29, 1.82) is 0 Å². The lowest BCUT2D eigenvalue weighted by atomic mass is 10.3. The number of benzene rings is 1. The molecule has 1 heterocycles. The predicted octanol–water partition coefficient (Wildman–Crippen LogP) is 2.28.